The van der Waals surface area contributed by atoms with Gasteiger partial charge in [-0.1, -0.05) is 12.1 Å². The summed E-state index contributed by atoms with van der Waals surface area (Å²) in [5.74, 6) is 0.633. The Balaban J connectivity index is 2.16. The molecule has 0 unspecified atom stereocenters. The Morgan fingerprint density at radius 1 is 1.24 bits per heavy atom. The first kappa shape index (κ1) is 14.8. The standard InChI is InChI=1S/C16H17FN2O2/c1-10-3-4-11(16(18)19)7-15(10)21-9-12-5-6-13(20-2)8-14(12)17/h3-8H,9H2,1-2H3,(H3,18,19). The fourth-order valence-electron chi connectivity index (χ4n) is 1.85. The summed E-state index contributed by atoms with van der Waals surface area (Å²) in [6.45, 7) is 1.97. The first-order chi connectivity index (χ1) is 10.0. The zero-order valence-corrected chi connectivity index (χ0v) is 11.9. The van der Waals surface area contributed by atoms with Crippen LogP contribution in [0.4, 0.5) is 4.39 Å². The van der Waals surface area contributed by atoms with Crippen molar-refractivity contribution in [1.29, 1.82) is 5.41 Å². The van der Waals surface area contributed by atoms with Gasteiger partial charge >= 0.3 is 0 Å². The van der Waals surface area contributed by atoms with Crippen LogP contribution in [0.2, 0.25) is 0 Å². The monoisotopic (exact) mass is 288 g/mol. The Labute approximate surface area is 122 Å². The van der Waals surface area contributed by atoms with E-state index in [1.165, 1.54) is 13.2 Å². The molecule has 110 valence electrons. The van der Waals surface area contributed by atoms with Gasteiger partial charge in [0, 0.05) is 17.2 Å². The smallest absolute Gasteiger partial charge is 0.133 e. The highest BCUT2D eigenvalue weighted by atomic mass is 19.1. The van der Waals surface area contributed by atoms with Crippen LogP contribution < -0.4 is 15.2 Å². The van der Waals surface area contributed by atoms with Gasteiger partial charge in [0.05, 0.1) is 7.11 Å². The molecule has 2 rings (SSSR count). The average Bonchev–Trinajstić information content (AvgIpc) is 2.47. The summed E-state index contributed by atoms with van der Waals surface area (Å²) in [5.41, 5.74) is 7.36. The number of nitrogen functional groups attached to an aromatic ring is 1. The molecule has 0 aliphatic rings. The zero-order chi connectivity index (χ0) is 15.4. The van der Waals surface area contributed by atoms with E-state index < -0.39 is 0 Å². The fraction of sp³-hybridized carbons (Fsp3) is 0.188. The van der Waals surface area contributed by atoms with Crippen molar-refractivity contribution in [3.63, 3.8) is 0 Å². The van der Waals surface area contributed by atoms with E-state index in [1.54, 1.807) is 24.3 Å². The number of halogens is 1. The van der Waals surface area contributed by atoms with Gasteiger partial charge in [-0.3, -0.25) is 5.41 Å². The molecule has 4 nitrogen and oxygen atoms in total. The second-order valence-corrected chi connectivity index (χ2v) is 4.64. The summed E-state index contributed by atoms with van der Waals surface area (Å²) >= 11 is 0. The highest BCUT2D eigenvalue weighted by Gasteiger charge is 2.08. The minimum absolute atomic E-state index is 0.0320. The lowest BCUT2D eigenvalue weighted by atomic mass is 10.1. The molecule has 0 spiro atoms. The number of rotatable bonds is 5. The van der Waals surface area contributed by atoms with E-state index in [4.69, 9.17) is 20.6 Å². The summed E-state index contributed by atoms with van der Waals surface area (Å²) in [4.78, 5) is 0. The van der Waals surface area contributed by atoms with Gasteiger partial charge in [0.1, 0.15) is 29.8 Å². The first-order valence-electron chi connectivity index (χ1n) is 6.41. The molecule has 0 saturated heterocycles. The molecule has 0 radical (unpaired) electrons. The molecule has 0 heterocycles. The molecule has 2 aromatic carbocycles. The van der Waals surface area contributed by atoms with Gasteiger partial charge in [-0.05, 0) is 30.7 Å². The third-order valence-corrected chi connectivity index (χ3v) is 3.14. The largest absolute Gasteiger partial charge is 0.497 e. The minimum atomic E-state index is -0.380. The van der Waals surface area contributed by atoms with Gasteiger partial charge in [0.15, 0.2) is 0 Å². The Hall–Kier alpha value is -2.56. The van der Waals surface area contributed by atoms with Crippen LogP contribution in [0.3, 0.4) is 0 Å². The van der Waals surface area contributed by atoms with Crippen LogP contribution in [0.5, 0.6) is 11.5 Å². The summed E-state index contributed by atoms with van der Waals surface area (Å²) in [6, 6.07) is 9.87. The summed E-state index contributed by atoms with van der Waals surface area (Å²) in [6.07, 6.45) is 0. The molecule has 0 fully saturated rings. The van der Waals surface area contributed by atoms with Gasteiger partial charge in [-0.2, -0.15) is 0 Å². The average molecular weight is 288 g/mol. The molecule has 0 aliphatic heterocycles. The highest BCUT2D eigenvalue weighted by molar-refractivity contribution is 5.95. The van der Waals surface area contributed by atoms with E-state index >= 15 is 0 Å². The van der Waals surface area contributed by atoms with Crippen LogP contribution in [-0.4, -0.2) is 12.9 Å². The molecule has 0 bridgehead atoms. The van der Waals surface area contributed by atoms with Crippen molar-refractivity contribution in [3.05, 3.63) is 58.9 Å². The van der Waals surface area contributed by atoms with Gasteiger partial charge < -0.3 is 15.2 Å². The second kappa shape index (κ2) is 6.26. The quantitative estimate of drug-likeness (QED) is 0.656. The Bertz CT molecular complexity index is 671. The summed E-state index contributed by atoms with van der Waals surface area (Å²) in [5, 5.41) is 7.43. The molecule has 0 atom stereocenters. The Morgan fingerprint density at radius 3 is 2.62 bits per heavy atom. The maximum Gasteiger partial charge on any atom is 0.133 e. The van der Waals surface area contributed by atoms with Crippen molar-refractivity contribution in [2.45, 2.75) is 13.5 Å². The SMILES string of the molecule is COc1ccc(COc2cc(C(=N)N)ccc2C)c(F)c1. The predicted octanol–water partition coefficient (Wildman–Crippen LogP) is 3.01. The minimum Gasteiger partial charge on any atom is -0.497 e. The van der Waals surface area contributed by atoms with Crippen molar-refractivity contribution in [1.82, 2.24) is 0 Å². The van der Waals surface area contributed by atoms with Crippen molar-refractivity contribution in [3.8, 4) is 11.5 Å². The maximum atomic E-state index is 13.8. The Kier molecular flexibility index (Phi) is 4.42. The van der Waals surface area contributed by atoms with Gasteiger partial charge in [-0.25, -0.2) is 4.39 Å². The molecule has 2 aromatic rings. The third-order valence-electron chi connectivity index (χ3n) is 3.14. The van der Waals surface area contributed by atoms with Gasteiger partial charge in [0.2, 0.25) is 0 Å². The van der Waals surface area contributed by atoms with Crippen LogP contribution >= 0.6 is 0 Å². The van der Waals surface area contributed by atoms with Crippen molar-refractivity contribution >= 4 is 5.84 Å². The number of nitrogens with one attached hydrogen (secondary N) is 1. The number of hydrogen-bond acceptors (Lipinski definition) is 3. The number of nitrogens with two attached hydrogens (primary N) is 1. The van der Waals surface area contributed by atoms with Crippen LogP contribution in [0.25, 0.3) is 0 Å². The lowest BCUT2D eigenvalue weighted by Gasteiger charge is -2.11. The van der Waals surface area contributed by atoms with Gasteiger partial charge in [-0.15, -0.1) is 0 Å². The molecular formula is C16H17FN2O2. The zero-order valence-electron chi connectivity index (χ0n) is 11.9. The van der Waals surface area contributed by atoms with Crippen molar-refractivity contribution in [2.75, 3.05) is 7.11 Å². The second-order valence-electron chi connectivity index (χ2n) is 4.64. The molecule has 0 saturated carbocycles. The lowest BCUT2D eigenvalue weighted by Crippen LogP contribution is -2.11. The van der Waals surface area contributed by atoms with Crippen LogP contribution in [-0.2, 0) is 6.61 Å². The van der Waals surface area contributed by atoms with E-state index in [9.17, 15) is 4.39 Å². The molecule has 0 aliphatic carbocycles. The molecular weight excluding hydrogens is 271 g/mol. The van der Waals surface area contributed by atoms with E-state index in [-0.39, 0.29) is 18.3 Å². The lowest BCUT2D eigenvalue weighted by molar-refractivity contribution is 0.297. The number of aryl methyl sites for hydroxylation is 1. The topological polar surface area (TPSA) is 68.3 Å². The maximum absolute atomic E-state index is 13.8. The number of methoxy groups -OCH3 is 1. The van der Waals surface area contributed by atoms with Crippen LogP contribution in [0.1, 0.15) is 16.7 Å². The molecule has 21 heavy (non-hydrogen) atoms. The van der Waals surface area contributed by atoms with Crippen LogP contribution in [0.15, 0.2) is 36.4 Å². The molecule has 0 amide bonds. The Morgan fingerprint density at radius 2 is 2.00 bits per heavy atom. The first-order valence-corrected chi connectivity index (χ1v) is 6.41. The van der Waals surface area contributed by atoms with E-state index in [1.807, 2.05) is 13.0 Å². The molecule has 3 N–H and O–H groups in total. The summed E-state index contributed by atoms with van der Waals surface area (Å²) in [7, 11) is 1.49. The summed E-state index contributed by atoms with van der Waals surface area (Å²) < 4.78 is 24.4. The number of amidine groups is 1. The van der Waals surface area contributed by atoms with E-state index in [0.717, 1.165) is 5.56 Å². The number of benzene rings is 2. The van der Waals surface area contributed by atoms with E-state index in [2.05, 4.69) is 0 Å². The highest BCUT2D eigenvalue weighted by Crippen LogP contribution is 2.22. The molecule has 0 aromatic heterocycles. The van der Waals surface area contributed by atoms with Crippen LogP contribution in [0, 0.1) is 18.2 Å². The predicted molar refractivity (Wildman–Crippen MR) is 79.5 cm³/mol. The van der Waals surface area contributed by atoms with Gasteiger partial charge in [0.25, 0.3) is 0 Å². The molecule has 5 heteroatoms. The third kappa shape index (κ3) is 3.51. The van der Waals surface area contributed by atoms with Crippen molar-refractivity contribution in [2.24, 2.45) is 5.73 Å². The number of ether oxygens (including phenoxy) is 2. The number of hydrogen-bond donors (Lipinski definition) is 2. The normalized spacial score (nSPS) is 10.2. The fourth-order valence-corrected chi connectivity index (χ4v) is 1.85. The van der Waals surface area contributed by atoms with E-state index in [0.29, 0.717) is 22.6 Å². The van der Waals surface area contributed by atoms with Crippen molar-refractivity contribution < 1.29 is 13.9 Å².